The highest BCUT2D eigenvalue weighted by atomic mass is 79.9. The van der Waals surface area contributed by atoms with Gasteiger partial charge >= 0.3 is 0 Å². The fourth-order valence-electron chi connectivity index (χ4n) is 2.73. The zero-order valence-electron chi connectivity index (χ0n) is 12.4. The average molecular weight is 343 g/mol. The number of hydrogen-bond donors (Lipinski definition) is 1. The molecule has 0 spiro atoms. The van der Waals surface area contributed by atoms with Crippen LogP contribution in [-0.2, 0) is 0 Å². The molecule has 1 aliphatic heterocycles. The Morgan fingerprint density at radius 2 is 2.00 bits per heavy atom. The molecular formula is C15H23BrN2O2. The lowest BCUT2D eigenvalue weighted by atomic mass is 10.0. The number of nitrogens with zero attached hydrogens (tertiary/aromatic N) is 1. The minimum Gasteiger partial charge on any atom is -0.486 e. The van der Waals surface area contributed by atoms with Crippen molar-refractivity contribution in [3.8, 4) is 11.5 Å². The number of rotatable bonds is 5. The molecule has 0 fully saturated rings. The Morgan fingerprint density at radius 3 is 2.60 bits per heavy atom. The van der Waals surface area contributed by atoms with Crippen LogP contribution in [0.25, 0.3) is 0 Å². The van der Waals surface area contributed by atoms with Gasteiger partial charge in [-0.1, -0.05) is 6.92 Å². The van der Waals surface area contributed by atoms with E-state index in [9.17, 15) is 0 Å². The molecule has 1 aromatic rings. The Balaban J connectivity index is 2.37. The van der Waals surface area contributed by atoms with Crippen molar-refractivity contribution in [2.75, 3.05) is 26.3 Å². The molecule has 1 unspecified atom stereocenters. The predicted molar refractivity (Wildman–Crippen MR) is 84.4 cm³/mol. The van der Waals surface area contributed by atoms with Crippen LogP contribution in [0, 0.1) is 0 Å². The molecule has 2 rings (SSSR count). The summed E-state index contributed by atoms with van der Waals surface area (Å²) in [6, 6.07) is 4.78. The number of fused-ring (bicyclic) bond motifs is 1. The summed E-state index contributed by atoms with van der Waals surface area (Å²) in [4.78, 5) is 2.39. The van der Waals surface area contributed by atoms with Crippen LogP contribution in [0.15, 0.2) is 16.6 Å². The summed E-state index contributed by atoms with van der Waals surface area (Å²) in [5.41, 5.74) is 7.18. The molecule has 1 heterocycles. The number of halogens is 1. The summed E-state index contributed by atoms with van der Waals surface area (Å²) in [5, 5.41) is 0. The smallest absolute Gasteiger partial charge is 0.175 e. The maximum atomic E-state index is 6.02. The Kier molecular flexibility index (Phi) is 5.29. The summed E-state index contributed by atoms with van der Waals surface area (Å²) in [7, 11) is 0. The predicted octanol–water partition coefficient (Wildman–Crippen LogP) is 2.95. The summed E-state index contributed by atoms with van der Waals surface area (Å²) in [5.74, 6) is 1.60. The topological polar surface area (TPSA) is 47.7 Å². The highest BCUT2D eigenvalue weighted by Gasteiger charge is 2.24. The first-order chi connectivity index (χ1) is 9.58. The van der Waals surface area contributed by atoms with Crippen LogP contribution in [0.2, 0.25) is 0 Å². The van der Waals surface area contributed by atoms with Gasteiger partial charge in [0.25, 0.3) is 0 Å². The molecule has 0 aromatic heterocycles. The van der Waals surface area contributed by atoms with Gasteiger partial charge in [0.2, 0.25) is 0 Å². The van der Waals surface area contributed by atoms with Gasteiger partial charge in [0.05, 0.1) is 4.47 Å². The molecule has 0 saturated heterocycles. The van der Waals surface area contributed by atoms with Crippen molar-refractivity contribution in [2.45, 2.75) is 32.9 Å². The van der Waals surface area contributed by atoms with E-state index in [-0.39, 0.29) is 6.04 Å². The summed E-state index contributed by atoms with van der Waals surface area (Å²) in [6.07, 6.45) is 0. The molecule has 1 aromatic carbocycles. The SMILES string of the molecule is CCN(C(C)C)C(CN)c1cc(Br)c2c(c1)OCCO2. The molecule has 0 radical (unpaired) electrons. The lowest BCUT2D eigenvalue weighted by Gasteiger charge is -2.34. The Hall–Kier alpha value is -0.780. The van der Waals surface area contributed by atoms with Crippen molar-refractivity contribution in [1.82, 2.24) is 4.90 Å². The fourth-order valence-corrected chi connectivity index (χ4v) is 3.31. The van der Waals surface area contributed by atoms with Crippen LogP contribution in [0.4, 0.5) is 0 Å². The molecular weight excluding hydrogens is 320 g/mol. The first kappa shape index (κ1) is 15.6. The molecule has 0 amide bonds. The molecule has 0 aliphatic carbocycles. The van der Waals surface area contributed by atoms with Crippen LogP contribution < -0.4 is 15.2 Å². The number of ether oxygens (including phenoxy) is 2. The highest BCUT2D eigenvalue weighted by molar-refractivity contribution is 9.10. The van der Waals surface area contributed by atoms with Gasteiger partial charge in [-0.05, 0) is 54.0 Å². The normalized spacial score (nSPS) is 15.8. The standard InChI is InChI=1S/C15H23BrN2O2/c1-4-18(10(2)3)13(9-17)11-7-12(16)15-14(8-11)19-5-6-20-15/h7-8,10,13H,4-6,9,17H2,1-3H3. The van der Waals surface area contributed by atoms with Crippen molar-refractivity contribution >= 4 is 15.9 Å². The zero-order valence-corrected chi connectivity index (χ0v) is 13.9. The third kappa shape index (κ3) is 3.10. The Morgan fingerprint density at radius 1 is 1.30 bits per heavy atom. The van der Waals surface area contributed by atoms with E-state index in [0.29, 0.717) is 25.8 Å². The largest absolute Gasteiger partial charge is 0.486 e. The number of hydrogen-bond acceptors (Lipinski definition) is 4. The highest BCUT2D eigenvalue weighted by Crippen LogP contribution is 2.40. The molecule has 2 N–H and O–H groups in total. The maximum absolute atomic E-state index is 6.02. The molecule has 0 saturated carbocycles. The molecule has 0 bridgehead atoms. The molecule has 112 valence electrons. The molecule has 1 atom stereocenters. The quantitative estimate of drug-likeness (QED) is 0.893. The molecule has 1 aliphatic rings. The Labute approximate surface area is 129 Å². The van der Waals surface area contributed by atoms with E-state index in [1.165, 1.54) is 5.56 Å². The van der Waals surface area contributed by atoms with Crippen molar-refractivity contribution in [3.63, 3.8) is 0 Å². The third-order valence-electron chi connectivity index (χ3n) is 3.66. The number of likely N-dealkylation sites (N-methyl/N-ethyl adjacent to an activating group) is 1. The minimum absolute atomic E-state index is 0.187. The fraction of sp³-hybridized carbons (Fsp3) is 0.600. The number of nitrogens with two attached hydrogens (primary N) is 1. The van der Waals surface area contributed by atoms with E-state index < -0.39 is 0 Å². The van der Waals surface area contributed by atoms with Gasteiger partial charge in [0, 0.05) is 18.6 Å². The van der Waals surface area contributed by atoms with Crippen molar-refractivity contribution in [2.24, 2.45) is 5.73 Å². The summed E-state index contributed by atoms with van der Waals surface area (Å²) < 4.78 is 12.3. The summed E-state index contributed by atoms with van der Waals surface area (Å²) >= 11 is 3.57. The second-order valence-electron chi connectivity index (χ2n) is 5.20. The van der Waals surface area contributed by atoms with E-state index in [1.54, 1.807) is 0 Å². The van der Waals surface area contributed by atoms with E-state index in [0.717, 1.165) is 22.5 Å². The van der Waals surface area contributed by atoms with E-state index in [1.807, 2.05) is 0 Å². The lowest BCUT2D eigenvalue weighted by Crippen LogP contribution is -2.38. The van der Waals surface area contributed by atoms with Crippen LogP contribution in [0.5, 0.6) is 11.5 Å². The third-order valence-corrected chi connectivity index (χ3v) is 4.24. The van der Waals surface area contributed by atoms with Crippen LogP contribution in [-0.4, -0.2) is 37.2 Å². The minimum atomic E-state index is 0.187. The first-order valence-electron chi connectivity index (χ1n) is 7.13. The van der Waals surface area contributed by atoms with Gasteiger partial charge < -0.3 is 15.2 Å². The van der Waals surface area contributed by atoms with E-state index >= 15 is 0 Å². The summed E-state index contributed by atoms with van der Waals surface area (Å²) in [6.45, 7) is 9.29. The maximum Gasteiger partial charge on any atom is 0.175 e. The second-order valence-corrected chi connectivity index (χ2v) is 6.06. The zero-order chi connectivity index (χ0) is 14.7. The van der Waals surface area contributed by atoms with Crippen molar-refractivity contribution < 1.29 is 9.47 Å². The number of benzene rings is 1. The Bertz CT molecular complexity index is 465. The molecule has 20 heavy (non-hydrogen) atoms. The van der Waals surface area contributed by atoms with Gasteiger partial charge in [-0.25, -0.2) is 0 Å². The van der Waals surface area contributed by atoms with Gasteiger partial charge in [-0.2, -0.15) is 0 Å². The monoisotopic (exact) mass is 342 g/mol. The van der Waals surface area contributed by atoms with Gasteiger partial charge in [0.15, 0.2) is 11.5 Å². The van der Waals surface area contributed by atoms with Crippen LogP contribution in [0.3, 0.4) is 0 Å². The van der Waals surface area contributed by atoms with Crippen LogP contribution >= 0.6 is 15.9 Å². The van der Waals surface area contributed by atoms with E-state index in [2.05, 4.69) is 53.7 Å². The van der Waals surface area contributed by atoms with Gasteiger partial charge in [-0.15, -0.1) is 0 Å². The van der Waals surface area contributed by atoms with Crippen molar-refractivity contribution in [3.05, 3.63) is 22.2 Å². The lowest BCUT2D eigenvalue weighted by molar-refractivity contribution is 0.160. The van der Waals surface area contributed by atoms with Crippen LogP contribution in [0.1, 0.15) is 32.4 Å². The van der Waals surface area contributed by atoms with Gasteiger partial charge in [-0.3, -0.25) is 4.90 Å². The molecule has 4 nitrogen and oxygen atoms in total. The first-order valence-corrected chi connectivity index (χ1v) is 7.92. The second kappa shape index (κ2) is 6.78. The molecule has 5 heteroatoms. The van der Waals surface area contributed by atoms with Crippen molar-refractivity contribution in [1.29, 1.82) is 0 Å². The average Bonchev–Trinajstić information content (AvgIpc) is 2.44. The van der Waals surface area contributed by atoms with E-state index in [4.69, 9.17) is 15.2 Å². The van der Waals surface area contributed by atoms with Gasteiger partial charge in [0.1, 0.15) is 13.2 Å².